The Kier molecular flexibility index (Phi) is 3.64. The number of esters is 1. The van der Waals surface area contributed by atoms with Crippen molar-refractivity contribution in [3.63, 3.8) is 0 Å². The van der Waals surface area contributed by atoms with E-state index in [9.17, 15) is 4.79 Å². The van der Waals surface area contributed by atoms with E-state index in [1.807, 2.05) is 37.3 Å². The molecule has 4 nitrogen and oxygen atoms in total. The lowest BCUT2D eigenvalue weighted by molar-refractivity contribution is -0.136. The molecule has 0 unspecified atom stereocenters. The van der Waals surface area contributed by atoms with Crippen molar-refractivity contribution < 1.29 is 14.3 Å². The van der Waals surface area contributed by atoms with Crippen LogP contribution >= 0.6 is 11.6 Å². The van der Waals surface area contributed by atoms with Gasteiger partial charge in [-0.2, -0.15) is 0 Å². The number of rotatable bonds is 2. The van der Waals surface area contributed by atoms with Crippen LogP contribution in [0.25, 0.3) is 0 Å². The van der Waals surface area contributed by atoms with Crippen LogP contribution in [0.2, 0.25) is 5.02 Å². The van der Waals surface area contributed by atoms with Crippen molar-refractivity contribution in [3.05, 3.63) is 52.4 Å². The van der Waals surface area contributed by atoms with Crippen LogP contribution in [0.5, 0.6) is 0 Å². The summed E-state index contributed by atoms with van der Waals surface area (Å²) in [6.07, 6.45) is 2.57. The average Bonchev–Trinajstić information content (AvgIpc) is 2.92. The van der Waals surface area contributed by atoms with E-state index in [2.05, 4.69) is 4.90 Å². The molecular formula is C16H16ClNO3. The van der Waals surface area contributed by atoms with Gasteiger partial charge in [0.25, 0.3) is 0 Å². The van der Waals surface area contributed by atoms with Crippen molar-refractivity contribution in [1.29, 1.82) is 0 Å². The summed E-state index contributed by atoms with van der Waals surface area (Å²) in [5.74, 6) is 0.460. The van der Waals surface area contributed by atoms with Crippen LogP contribution in [0.3, 0.4) is 0 Å². The Balaban J connectivity index is 1.90. The Hall–Kier alpha value is -1.94. The fourth-order valence-electron chi connectivity index (χ4n) is 2.79. The minimum Gasteiger partial charge on any atom is -0.475 e. The van der Waals surface area contributed by atoms with E-state index in [0.29, 0.717) is 23.7 Å². The smallest absolute Gasteiger partial charge is 0.334 e. The van der Waals surface area contributed by atoms with Crippen LogP contribution in [-0.2, 0) is 14.3 Å². The quantitative estimate of drug-likeness (QED) is 0.784. The van der Waals surface area contributed by atoms with Gasteiger partial charge < -0.3 is 14.4 Å². The minimum atomic E-state index is -0.293. The second-order valence-corrected chi connectivity index (χ2v) is 5.51. The maximum Gasteiger partial charge on any atom is 0.334 e. The van der Waals surface area contributed by atoms with Crippen molar-refractivity contribution >= 4 is 23.3 Å². The number of hydrogen-bond donors (Lipinski definition) is 0. The lowest BCUT2D eigenvalue weighted by Gasteiger charge is -2.23. The second kappa shape index (κ2) is 5.45. The molecule has 1 atom stereocenters. The van der Waals surface area contributed by atoms with Gasteiger partial charge in [-0.3, -0.25) is 0 Å². The molecule has 0 N–H and O–H groups in total. The number of methoxy groups -OCH3 is 1. The topological polar surface area (TPSA) is 38.8 Å². The third-order valence-electron chi connectivity index (χ3n) is 3.88. The van der Waals surface area contributed by atoms with Gasteiger partial charge in [-0.1, -0.05) is 30.7 Å². The standard InChI is InChI=1S/C16H16ClNO3/c1-10-13(16(19)20-2)6-7-14-15(10)21-9-18(14)12-5-3-4-11(17)8-12/h3-6,8,10H,7,9H2,1-2H3/t10-/m0/s1. The van der Waals surface area contributed by atoms with E-state index in [4.69, 9.17) is 21.1 Å². The van der Waals surface area contributed by atoms with Crippen molar-refractivity contribution in [1.82, 2.24) is 0 Å². The number of ether oxygens (including phenoxy) is 2. The lowest BCUT2D eigenvalue weighted by atomic mass is 9.91. The van der Waals surface area contributed by atoms with Crippen molar-refractivity contribution in [2.75, 3.05) is 18.7 Å². The molecule has 0 aromatic heterocycles. The zero-order chi connectivity index (χ0) is 15.0. The minimum absolute atomic E-state index is 0.0922. The number of hydrogen-bond acceptors (Lipinski definition) is 4. The second-order valence-electron chi connectivity index (χ2n) is 5.07. The van der Waals surface area contributed by atoms with E-state index < -0.39 is 0 Å². The van der Waals surface area contributed by atoms with Gasteiger partial charge in [-0.15, -0.1) is 0 Å². The molecule has 0 bridgehead atoms. The fraction of sp³-hybridized carbons (Fsp3) is 0.312. The molecule has 0 fully saturated rings. The Morgan fingerprint density at radius 3 is 3.00 bits per heavy atom. The first-order valence-electron chi connectivity index (χ1n) is 6.79. The van der Waals surface area contributed by atoms with Crippen LogP contribution in [0, 0.1) is 5.92 Å². The Morgan fingerprint density at radius 1 is 1.48 bits per heavy atom. The van der Waals surface area contributed by atoms with Gasteiger partial charge in [0.05, 0.1) is 12.8 Å². The molecule has 5 heteroatoms. The van der Waals surface area contributed by atoms with Crippen molar-refractivity contribution in [2.45, 2.75) is 13.3 Å². The van der Waals surface area contributed by atoms with Gasteiger partial charge in [0.1, 0.15) is 5.76 Å². The van der Waals surface area contributed by atoms with E-state index in [-0.39, 0.29) is 11.9 Å². The summed E-state index contributed by atoms with van der Waals surface area (Å²) in [5, 5.41) is 0.691. The van der Waals surface area contributed by atoms with E-state index in [0.717, 1.165) is 17.1 Å². The fourth-order valence-corrected chi connectivity index (χ4v) is 2.98. The molecule has 0 saturated heterocycles. The third-order valence-corrected chi connectivity index (χ3v) is 4.11. The van der Waals surface area contributed by atoms with Crippen LogP contribution in [0.4, 0.5) is 5.69 Å². The predicted molar refractivity (Wildman–Crippen MR) is 80.8 cm³/mol. The summed E-state index contributed by atoms with van der Waals surface area (Å²) in [5.41, 5.74) is 2.73. The maximum absolute atomic E-state index is 11.8. The molecule has 0 radical (unpaired) electrons. The summed E-state index contributed by atoms with van der Waals surface area (Å²) in [4.78, 5) is 13.8. The average molecular weight is 306 g/mol. The molecule has 2 aliphatic rings. The molecule has 1 aliphatic heterocycles. The molecule has 0 saturated carbocycles. The number of anilines is 1. The van der Waals surface area contributed by atoms with Crippen LogP contribution in [0.1, 0.15) is 13.3 Å². The molecule has 0 spiro atoms. The summed E-state index contributed by atoms with van der Waals surface area (Å²) in [7, 11) is 1.40. The van der Waals surface area contributed by atoms with Crippen LogP contribution in [0.15, 0.2) is 47.4 Å². The van der Waals surface area contributed by atoms with Gasteiger partial charge in [0.2, 0.25) is 0 Å². The van der Waals surface area contributed by atoms with Crippen molar-refractivity contribution in [2.24, 2.45) is 5.92 Å². The van der Waals surface area contributed by atoms with Gasteiger partial charge in [0.15, 0.2) is 6.73 Å². The highest BCUT2D eigenvalue weighted by Gasteiger charge is 2.35. The number of carbonyl (C=O) groups excluding carboxylic acids is 1. The Bertz CT molecular complexity index is 651. The molecule has 21 heavy (non-hydrogen) atoms. The normalized spacial score (nSPS) is 20.8. The molecule has 110 valence electrons. The predicted octanol–water partition coefficient (Wildman–Crippen LogP) is 3.48. The van der Waals surface area contributed by atoms with Gasteiger partial charge in [-0.25, -0.2) is 4.79 Å². The first kappa shape index (κ1) is 14.0. The molecule has 1 aromatic carbocycles. The highest BCUT2D eigenvalue weighted by molar-refractivity contribution is 6.30. The van der Waals surface area contributed by atoms with Crippen LogP contribution in [-0.4, -0.2) is 19.8 Å². The largest absolute Gasteiger partial charge is 0.475 e. The molecule has 3 rings (SSSR count). The number of nitrogens with zero attached hydrogens (tertiary/aromatic N) is 1. The Morgan fingerprint density at radius 2 is 2.29 bits per heavy atom. The first-order chi connectivity index (χ1) is 10.1. The van der Waals surface area contributed by atoms with E-state index >= 15 is 0 Å². The van der Waals surface area contributed by atoms with E-state index in [1.165, 1.54) is 7.11 Å². The summed E-state index contributed by atoms with van der Waals surface area (Å²) >= 11 is 6.05. The number of carbonyl (C=O) groups is 1. The number of halogens is 1. The highest BCUT2D eigenvalue weighted by atomic mass is 35.5. The summed E-state index contributed by atoms with van der Waals surface area (Å²) in [6, 6.07) is 7.66. The first-order valence-corrected chi connectivity index (χ1v) is 7.17. The van der Waals surface area contributed by atoms with Gasteiger partial charge >= 0.3 is 5.97 Å². The molecule has 1 aliphatic carbocycles. The Labute approximate surface area is 128 Å². The highest BCUT2D eigenvalue weighted by Crippen LogP contribution is 2.39. The third kappa shape index (κ3) is 2.40. The lowest BCUT2D eigenvalue weighted by Crippen LogP contribution is -2.22. The van der Waals surface area contributed by atoms with Crippen LogP contribution < -0.4 is 4.90 Å². The molecule has 0 amide bonds. The zero-order valence-corrected chi connectivity index (χ0v) is 12.7. The number of benzene rings is 1. The SMILES string of the molecule is COC(=O)C1=CCC2=C(OCN2c2cccc(Cl)c2)[C@H]1C. The molecule has 1 aromatic rings. The summed E-state index contributed by atoms with van der Waals surface area (Å²) < 4.78 is 10.6. The van der Waals surface area contributed by atoms with E-state index in [1.54, 1.807) is 0 Å². The number of allylic oxidation sites excluding steroid dienone is 2. The van der Waals surface area contributed by atoms with Gasteiger partial charge in [0, 0.05) is 28.6 Å². The maximum atomic E-state index is 11.8. The zero-order valence-electron chi connectivity index (χ0n) is 11.9. The molecular weight excluding hydrogens is 290 g/mol. The molecule has 1 heterocycles. The van der Waals surface area contributed by atoms with Crippen molar-refractivity contribution in [3.8, 4) is 0 Å². The summed E-state index contributed by atoms with van der Waals surface area (Å²) in [6.45, 7) is 2.40. The van der Waals surface area contributed by atoms with Gasteiger partial charge in [-0.05, 0) is 18.2 Å². The monoisotopic (exact) mass is 305 g/mol.